The van der Waals surface area contributed by atoms with Crippen molar-refractivity contribution in [3.63, 3.8) is 0 Å². The molecule has 0 fully saturated rings. The molecule has 1 N–H and O–H groups in total. The van der Waals surface area contributed by atoms with E-state index in [1.165, 1.54) is 17.4 Å². The predicted octanol–water partition coefficient (Wildman–Crippen LogP) is 1.37. The summed E-state index contributed by atoms with van der Waals surface area (Å²) in [4.78, 5) is 11.7. The second-order valence-electron chi connectivity index (χ2n) is 4.46. The minimum absolute atomic E-state index is 0.0171. The molecule has 0 saturated heterocycles. The van der Waals surface area contributed by atoms with Crippen molar-refractivity contribution in [1.82, 2.24) is 9.62 Å². The summed E-state index contributed by atoms with van der Waals surface area (Å²) < 4.78 is 49.9. The Morgan fingerprint density at radius 3 is 2.52 bits per heavy atom. The van der Waals surface area contributed by atoms with Gasteiger partial charge in [-0.05, 0) is 31.5 Å². The molecule has 5 nitrogen and oxygen atoms in total. The molecular weight excluding hydrogens is 302 g/mol. The van der Waals surface area contributed by atoms with Crippen molar-refractivity contribution in [3.8, 4) is 0 Å². The monoisotopic (exact) mass is 320 g/mol. The van der Waals surface area contributed by atoms with Gasteiger partial charge in [-0.3, -0.25) is 4.79 Å². The summed E-state index contributed by atoms with van der Waals surface area (Å²) >= 11 is 0. The summed E-state index contributed by atoms with van der Waals surface area (Å²) in [5, 5.41) is 2.52. The minimum Gasteiger partial charge on any atom is -0.352 e. The number of nitrogens with one attached hydrogen (secondary N) is 1. The first-order valence-corrected chi connectivity index (χ1v) is 8.06. The number of benzene rings is 1. The molecule has 1 rings (SSSR count). The van der Waals surface area contributed by atoms with E-state index in [0.29, 0.717) is 6.42 Å². The molecule has 0 aliphatic heterocycles. The molecule has 1 aromatic carbocycles. The summed E-state index contributed by atoms with van der Waals surface area (Å²) in [5.74, 6) is -2.62. The van der Waals surface area contributed by atoms with Crippen molar-refractivity contribution >= 4 is 15.9 Å². The predicted molar refractivity (Wildman–Crippen MR) is 75.4 cm³/mol. The van der Waals surface area contributed by atoms with E-state index in [-0.39, 0.29) is 24.4 Å². The lowest BCUT2D eigenvalue weighted by atomic mass is 10.2. The highest BCUT2D eigenvalue weighted by molar-refractivity contribution is 7.89. The van der Waals surface area contributed by atoms with Gasteiger partial charge >= 0.3 is 0 Å². The number of amides is 1. The molecule has 0 aliphatic rings. The van der Waals surface area contributed by atoms with Gasteiger partial charge < -0.3 is 5.32 Å². The van der Waals surface area contributed by atoms with Crippen LogP contribution in [0, 0.1) is 11.6 Å². The smallest absolute Gasteiger partial charge is 0.251 e. The van der Waals surface area contributed by atoms with E-state index >= 15 is 0 Å². The molecule has 0 bridgehead atoms. The summed E-state index contributed by atoms with van der Waals surface area (Å²) in [6, 6.07) is 2.88. The number of nitrogens with zero attached hydrogens (tertiary/aromatic N) is 1. The van der Waals surface area contributed by atoms with Gasteiger partial charge in [0.1, 0.15) is 0 Å². The number of carbonyl (C=O) groups excluding carboxylic acids is 1. The van der Waals surface area contributed by atoms with Crippen LogP contribution in [0.3, 0.4) is 0 Å². The molecule has 0 atom stereocenters. The first-order chi connectivity index (χ1) is 9.77. The Labute approximate surface area is 123 Å². The average Bonchev–Trinajstić information content (AvgIpc) is 2.45. The van der Waals surface area contributed by atoms with Gasteiger partial charge in [0.25, 0.3) is 5.91 Å². The average molecular weight is 320 g/mol. The van der Waals surface area contributed by atoms with Crippen molar-refractivity contribution < 1.29 is 22.0 Å². The standard InChI is InChI=1S/C13H18F2N2O3S/c1-3-21(19,20)17(2)8-4-7-16-13(18)10-5-6-11(14)12(15)9-10/h5-6,9H,3-4,7-8H2,1-2H3,(H,16,18). The Balaban J connectivity index is 2.42. The molecule has 0 aliphatic carbocycles. The molecule has 0 unspecified atom stereocenters. The number of rotatable bonds is 7. The van der Waals surface area contributed by atoms with Crippen LogP contribution in [0.15, 0.2) is 18.2 Å². The molecule has 1 amide bonds. The van der Waals surface area contributed by atoms with Crippen molar-refractivity contribution in [2.24, 2.45) is 0 Å². The topological polar surface area (TPSA) is 66.5 Å². The van der Waals surface area contributed by atoms with E-state index in [1.54, 1.807) is 6.92 Å². The Kier molecular flexibility index (Phi) is 6.22. The van der Waals surface area contributed by atoms with Crippen LogP contribution in [0.1, 0.15) is 23.7 Å². The minimum atomic E-state index is -3.23. The fourth-order valence-corrected chi connectivity index (χ4v) is 2.45. The molecule has 21 heavy (non-hydrogen) atoms. The van der Waals surface area contributed by atoms with Crippen LogP contribution in [0.2, 0.25) is 0 Å². The zero-order valence-electron chi connectivity index (χ0n) is 11.9. The zero-order valence-corrected chi connectivity index (χ0v) is 12.7. The van der Waals surface area contributed by atoms with Crippen LogP contribution in [0.4, 0.5) is 8.78 Å². The summed E-state index contributed by atoms with van der Waals surface area (Å²) in [5.41, 5.74) is 0.0171. The molecule has 1 aromatic rings. The van der Waals surface area contributed by atoms with Gasteiger partial charge in [0.2, 0.25) is 10.0 Å². The molecule has 8 heteroatoms. The van der Waals surface area contributed by atoms with Gasteiger partial charge in [-0.2, -0.15) is 0 Å². The highest BCUT2D eigenvalue weighted by atomic mass is 32.2. The van der Waals surface area contributed by atoms with Crippen LogP contribution in [-0.2, 0) is 10.0 Å². The second kappa shape index (κ2) is 7.46. The van der Waals surface area contributed by atoms with Crippen LogP contribution < -0.4 is 5.32 Å². The third-order valence-corrected chi connectivity index (χ3v) is 4.82. The van der Waals surface area contributed by atoms with E-state index in [4.69, 9.17) is 0 Å². The largest absolute Gasteiger partial charge is 0.352 e. The van der Waals surface area contributed by atoms with Crippen LogP contribution in [0.5, 0.6) is 0 Å². The number of halogens is 2. The third-order valence-electron chi connectivity index (χ3n) is 2.96. The van der Waals surface area contributed by atoms with E-state index < -0.39 is 27.6 Å². The van der Waals surface area contributed by atoms with E-state index in [2.05, 4.69) is 5.32 Å². The summed E-state index contributed by atoms with van der Waals surface area (Å²) in [7, 11) is -1.76. The molecule has 0 heterocycles. The molecular formula is C13H18F2N2O3S. The molecule has 0 radical (unpaired) electrons. The van der Waals surface area contributed by atoms with Crippen LogP contribution in [-0.4, -0.2) is 44.5 Å². The number of hydrogen-bond acceptors (Lipinski definition) is 3. The maximum atomic E-state index is 13.0. The number of carbonyl (C=O) groups is 1. The van der Waals surface area contributed by atoms with Gasteiger partial charge in [0.05, 0.1) is 5.75 Å². The zero-order chi connectivity index (χ0) is 16.0. The van der Waals surface area contributed by atoms with E-state index in [9.17, 15) is 22.0 Å². The van der Waals surface area contributed by atoms with Gasteiger partial charge in [0, 0.05) is 25.7 Å². The fourth-order valence-electron chi connectivity index (χ4n) is 1.60. The van der Waals surface area contributed by atoms with Crippen LogP contribution >= 0.6 is 0 Å². The molecule has 0 spiro atoms. The molecule has 0 aromatic heterocycles. The summed E-state index contributed by atoms with van der Waals surface area (Å²) in [6.45, 7) is 2.06. The van der Waals surface area contributed by atoms with Gasteiger partial charge in [-0.25, -0.2) is 21.5 Å². The Morgan fingerprint density at radius 2 is 1.95 bits per heavy atom. The molecule has 118 valence electrons. The Bertz CT molecular complexity index is 605. The molecule has 0 saturated carbocycles. The Morgan fingerprint density at radius 1 is 1.29 bits per heavy atom. The van der Waals surface area contributed by atoms with Crippen molar-refractivity contribution in [3.05, 3.63) is 35.4 Å². The lowest BCUT2D eigenvalue weighted by Crippen LogP contribution is -2.32. The highest BCUT2D eigenvalue weighted by Crippen LogP contribution is 2.08. The maximum absolute atomic E-state index is 13.0. The first-order valence-electron chi connectivity index (χ1n) is 6.45. The van der Waals surface area contributed by atoms with Gasteiger partial charge in [0.15, 0.2) is 11.6 Å². The van der Waals surface area contributed by atoms with Crippen molar-refractivity contribution in [1.29, 1.82) is 0 Å². The van der Waals surface area contributed by atoms with Gasteiger partial charge in [-0.15, -0.1) is 0 Å². The maximum Gasteiger partial charge on any atom is 0.251 e. The quantitative estimate of drug-likeness (QED) is 0.772. The second-order valence-corrected chi connectivity index (χ2v) is 6.82. The normalized spacial score (nSPS) is 11.7. The van der Waals surface area contributed by atoms with E-state index in [1.807, 2.05) is 0 Å². The lowest BCUT2D eigenvalue weighted by molar-refractivity contribution is 0.0952. The van der Waals surface area contributed by atoms with Gasteiger partial charge in [-0.1, -0.05) is 0 Å². The Hall–Kier alpha value is -1.54. The van der Waals surface area contributed by atoms with Crippen LogP contribution in [0.25, 0.3) is 0 Å². The number of hydrogen-bond donors (Lipinski definition) is 1. The fraction of sp³-hybridized carbons (Fsp3) is 0.462. The first kappa shape index (κ1) is 17.5. The SMILES string of the molecule is CCS(=O)(=O)N(C)CCCNC(=O)c1ccc(F)c(F)c1. The lowest BCUT2D eigenvalue weighted by Gasteiger charge is -2.15. The van der Waals surface area contributed by atoms with Crippen molar-refractivity contribution in [2.45, 2.75) is 13.3 Å². The number of sulfonamides is 1. The highest BCUT2D eigenvalue weighted by Gasteiger charge is 2.14. The third kappa shape index (κ3) is 5.05. The van der Waals surface area contributed by atoms with E-state index in [0.717, 1.165) is 12.1 Å². The van der Waals surface area contributed by atoms with Crippen molar-refractivity contribution in [2.75, 3.05) is 25.9 Å². The summed E-state index contributed by atoms with van der Waals surface area (Å²) in [6.07, 6.45) is 0.422.